The van der Waals surface area contributed by atoms with Crippen LogP contribution >= 0.6 is 11.6 Å². The van der Waals surface area contributed by atoms with Gasteiger partial charge >= 0.3 is 0 Å². The second-order valence-electron chi connectivity index (χ2n) is 7.45. The molecule has 1 saturated heterocycles. The molecule has 31 heavy (non-hydrogen) atoms. The Bertz CT molecular complexity index is 941. The lowest BCUT2D eigenvalue weighted by atomic mass is 10.1. The molecular weight excluding hydrogens is 416 g/mol. The van der Waals surface area contributed by atoms with Gasteiger partial charge in [-0.1, -0.05) is 30.3 Å². The number of benzene rings is 1. The molecule has 164 valence electrons. The number of carbonyl (C=O) groups excluding carboxylic acids is 2. The Labute approximate surface area is 186 Å². The number of nitrogens with one attached hydrogen (secondary N) is 2. The molecule has 0 bridgehead atoms. The highest BCUT2D eigenvalue weighted by Crippen LogP contribution is 2.32. The normalized spacial score (nSPS) is 15.3. The number of halogens is 1. The van der Waals surface area contributed by atoms with Crippen molar-refractivity contribution in [3.05, 3.63) is 48.1 Å². The van der Waals surface area contributed by atoms with Crippen LogP contribution in [0.1, 0.15) is 32.1 Å². The predicted octanol–water partition coefficient (Wildman–Crippen LogP) is 3.99. The number of nitrogen functional groups attached to an aromatic ring is 1. The molecule has 2 aliphatic rings. The monoisotopic (exact) mass is 442 g/mol. The molecule has 2 fully saturated rings. The largest absolute Gasteiger partial charge is 0.368 e. The summed E-state index contributed by atoms with van der Waals surface area (Å²) >= 11 is 5.98. The van der Waals surface area contributed by atoms with Gasteiger partial charge in [0.05, 0.1) is 17.6 Å². The van der Waals surface area contributed by atoms with E-state index in [2.05, 4.69) is 32.1 Å². The molecule has 2 heterocycles. The van der Waals surface area contributed by atoms with Crippen LogP contribution in [0.5, 0.6) is 0 Å². The molecule has 2 amide bonds. The van der Waals surface area contributed by atoms with Crippen LogP contribution in [-0.4, -0.2) is 39.8 Å². The SMILES string of the molecule is C=CC(=O)Nc1ccccc1Nc1nc(N)ncc1Cl.O=C(C1CC1)N1CCCCC1. The van der Waals surface area contributed by atoms with Crippen LogP contribution in [0.25, 0.3) is 0 Å². The van der Waals surface area contributed by atoms with Gasteiger partial charge in [0, 0.05) is 19.0 Å². The van der Waals surface area contributed by atoms with E-state index in [0.29, 0.717) is 34.0 Å². The van der Waals surface area contributed by atoms with E-state index in [1.807, 2.05) is 6.07 Å². The maximum atomic E-state index is 11.5. The van der Waals surface area contributed by atoms with Crippen molar-refractivity contribution >= 4 is 46.6 Å². The van der Waals surface area contributed by atoms with Crippen molar-refractivity contribution in [2.24, 2.45) is 5.92 Å². The Balaban J connectivity index is 0.000000207. The number of anilines is 4. The Morgan fingerprint density at radius 3 is 2.48 bits per heavy atom. The molecule has 8 nitrogen and oxygen atoms in total. The number of hydrogen-bond acceptors (Lipinski definition) is 6. The van der Waals surface area contributed by atoms with Crippen molar-refractivity contribution in [2.45, 2.75) is 32.1 Å². The van der Waals surface area contributed by atoms with E-state index in [1.165, 1.54) is 31.5 Å². The Morgan fingerprint density at radius 1 is 1.16 bits per heavy atom. The van der Waals surface area contributed by atoms with Crippen LogP contribution in [0, 0.1) is 5.92 Å². The van der Waals surface area contributed by atoms with Crippen LogP contribution in [-0.2, 0) is 9.59 Å². The fourth-order valence-corrected chi connectivity index (χ4v) is 3.32. The molecule has 0 atom stereocenters. The van der Waals surface area contributed by atoms with Gasteiger partial charge < -0.3 is 21.3 Å². The van der Waals surface area contributed by atoms with Crippen molar-refractivity contribution in [2.75, 3.05) is 29.5 Å². The van der Waals surface area contributed by atoms with Crippen molar-refractivity contribution in [1.29, 1.82) is 0 Å². The average molecular weight is 443 g/mol. The van der Waals surface area contributed by atoms with Crippen LogP contribution in [0.2, 0.25) is 5.02 Å². The number of carbonyl (C=O) groups is 2. The number of amides is 2. The summed E-state index contributed by atoms with van der Waals surface area (Å²) in [5.74, 6) is 1.01. The van der Waals surface area contributed by atoms with E-state index in [0.717, 1.165) is 25.9 Å². The third-order valence-corrected chi connectivity index (χ3v) is 5.26. The minimum atomic E-state index is -0.312. The van der Waals surface area contributed by atoms with Gasteiger partial charge in [0.25, 0.3) is 0 Å². The lowest BCUT2D eigenvalue weighted by Gasteiger charge is -2.26. The van der Waals surface area contributed by atoms with E-state index in [9.17, 15) is 9.59 Å². The van der Waals surface area contributed by atoms with Gasteiger partial charge in [0.2, 0.25) is 17.8 Å². The number of nitrogens with two attached hydrogens (primary N) is 1. The van der Waals surface area contributed by atoms with Gasteiger partial charge in [0.15, 0.2) is 5.82 Å². The molecule has 9 heteroatoms. The number of hydrogen-bond donors (Lipinski definition) is 3. The number of aromatic nitrogens is 2. The molecule has 1 aromatic heterocycles. The summed E-state index contributed by atoms with van der Waals surface area (Å²) in [6.45, 7) is 5.45. The molecule has 4 N–H and O–H groups in total. The maximum absolute atomic E-state index is 11.5. The molecule has 0 radical (unpaired) electrons. The number of likely N-dealkylation sites (tertiary alicyclic amines) is 1. The zero-order valence-corrected chi connectivity index (χ0v) is 18.1. The first-order valence-electron chi connectivity index (χ1n) is 10.3. The van der Waals surface area contributed by atoms with Gasteiger partial charge in [-0.25, -0.2) is 4.98 Å². The van der Waals surface area contributed by atoms with E-state index in [-0.39, 0.29) is 11.9 Å². The summed E-state index contributed by atoms with van der Waals surface area (Å²) in [7, 11) is 0. The van der Waals surface area contributed by atoms with E-state index < -0.39 is 0 Å². The summed E-state index contributed by atoms with van der Waals surface area (Å²) in [6.07, 6.45) is 8.64. The molecule has 1 aliphatic heterocycles. The topological polar surface area (TPSA) is 113 Å². The van der Waals surface area contributed by atoms with E-state index >= 15 is 0 Å². The summed E-state index contributed by atoms with van der Waals surface area (Å²) in [5.41, 5.74) is 6.72. The maximum Gasteiger partial charge on any atom is 0.247 e. The molecule has 1 aliphatic carbocycles. The lowest BCUT2D eigenvalue weighted by molar-refractivity contribution is -0.133. The van der Waals surface area contributed by atoms with Crippen molar-refractivity contribution in [3.8, 4) is 0 Å². The molecule has 4 rings (SSSR count). The van der Waals surface area contributed by atoms with Crippen molar-refractivity contribution in [1.82, 2.24) is 14.9 Å². The van der Waals surface area contributed by atoms with Crippen LogP contribution in [0.4, 0.5) is 23.1 Å². The smallest absolute Gasteiger partial charge is 0.247 e. The lowest BCUT2D eigenvalue weighted by Crippen LogP contribution is -2.36. The third kappa shape index (κ3) is 6.68. The quantitative estimate of drug-likeness (QED) is 0.603. The highest BCUT2D eigenvalue weighted by molar-refractivity contribution is 6.33. The van der Waals surface area contributed by atoms with Gasteiger partial charge in [-0.05, 0) is 50.3 Å². The predicted molar refractivity (Wildman–Crippen MR) is 123 cm³/mol. The van der Waals surface area contributed by atoms with Crippen LogP contribution in [0.15, 0.2) is 43.1 Å². The van der Waals surface area contributed by atoms with E-state index in [1.54, 1.807) is 18.2 Å². The summed E-state index contributed by atoms with van der Waals surface area (Å²) < 4.78 is 0. The van der Waals surface area contributed by atoms with Crippen LogP contribution < -0.4 is 16.4 Å². The van der Waals surface area contributed by atoms with Crippen molar-refractivity contribution in [3.63, 3.8) is 0 Å². The minimum Gasteiger partial charge on any atom is -0.368 e. The minimum absolute atomic E-state index is 0.101. The Morgan fingerprint density at radius 2 is 1.84 bits per heavy atom. The van der Waals surface area contributed by atoms with Crippen LogP contribution in [0.3, 0.4) is 0 Å². The second kappa shape index (κ2) is 10.8. The second-order valence-corrected chi connectivity index (χ2v) is 7.86. The highest BCUT2D eigenvalue weighted by Gasteiger charge is 2.33. The zero-order chi connectivity index (χ0) is 22.2. The van der Waals surface area contributed by atoms with Gasteiger partial charge in [0.1, 0.15) is 5.02 Å². The summed E-state index contributed by atoms with van der Waals surface area (Å²) in [4.78, 5) is 32.7. The van der Waals surface area contributed by atoms with E-state index in [4.69, 9.17) is 17.3 Å². The van der Waals surface area contributed by atoms with Gasteiger partial charge in [-0.2, -0.15) is 4.98 Å². The highest BCUT2D eigenvalue weighted by atomic mass is 35.5. The number of rotatable bonds is 5. The number of para-hydroxylation sites is 2. The molecule has 0 spiro atoms. The molecule has 1 saturated carbocycles. The standard InChI is InChI=1S/C13H12ClN5O.C9H15NO/c1-2-11(20)17-9-5-3-4-6-10(9)18-12-8(14)7-16-13(15)19-12;11-9(8-4-5-8)10-6-2-1-3-7-10/h2-7H,1H2,(H,17,20)(H3,15,16,18,19);8H,1-7H2. The Hall–Kier alpha value is -3.13. The average Bonchev–Trinajstić information content (AvgIpc) is 3.63. The first-order valence-corrected chi connectivity index (χ1v) is 10.7. The fraction of sp³-hybridized carbons (Fsp3) is 0.364. The fourth-order valence-electron chi connectivity index (χ4n) is 3.18. The zero-order valence-electron chi connectivity index (χ0n) is 17.3. The van der Waals surface area contributed by atoms with Gasteiger partial charge in [-0.3, -0.25) is 9.59 Å². The van der Waals surface area contributed by atoms with Crippen molar-refractivity contribution < 1.29 is 9.59 Å². The van der Waals surface area contributed by atoms with Gasteiger partial charge in [-0.15, -0.1) is 0 Å². The number of piperidine rings is 1. The summed E-state index contributed by atoms with van der Waals surface area (Å²) in [6, 6.07) is 7.11. The molecule has 0 unspecified atom stereocenters. The number of nitrogens with zero attached hydrogens (tertiary/aromatic N) is 3. The molecule has 2 aromatic rings. The Kier molecular flexibility index (Phi) is 7.83. The molecule has 1 aromatic carbocycles. The third-order valence-electron chi connectivity index (χ3n) is 4.98. The summed E-state index contributed by atoms with van der Waals surface area (Å²) in [5, 5.41) is 6.00. The molecular formula is C22H27ClN6O2. The first kappa shape index (κ1) is 22.6. The first-order chi connectivity index (χ1) is 15.0.